The number of H-pyrrole nitrogens is 1. The van der Waals surface area contributed by atoms with Gasteiger partial charge < -0.3 is 15.2 Å². The molecule has 3 N–H and O–H groups in total. The van der Waals surface area contributed by atoms with Gasteiger partial charge in [-0.2, -0.15) is 5.26 Å². The summed E-state index contributed by atoms with van der Waals surface area (Å²) in [6, 6.07) is 19.8. The van der Waals surface area contributed by atoms with Crippen molar-refractivity contribution in [3.63, 3.8) is 0 Å². The number of aromatic amines is 1. The standard InChI is InChI=1S/C37H38N6O3/c1-4-24-18-27-28(37(2,3)35-33(34(27)45)26-9-8-22(20-38)17-30(26)40-35)19-31(24)43-14-12-42(13-15-43)21-23-6-5-7-25(16-23)39-29-10-11-32(44)41-36(29)46/h5-9,16-19,29,39-40H,4,10-15,21H2,1-3H3,(H,41,44,46). The number of carbonyl (C=O) groups is 3. The molecule has 2 saturated heterocycles. The predicted octanol–water partition coefficient (Wildman–Crippen LogP) is 5.01. The molecule has 4 aromatic rings. The molecule has 0 bridgehead atoms. The predicted molar refractivity (Wildman–Crippen MR) is 178 cm³/mol. The Labute approximate surface area is 268 Å². The van der Waals surface area contributed by atoms with Crippen LogP contribution in [0.5, 0.6) is 0 Å². The molecular weight excluding hydrogens is 576 g/mol. The molecule has 234 valence electrons. The lowest BCUT2D eigenvalue weighted by Gasteiger charge is -2.39. The Balaban J connectivity index is 1.08. The van der Waals surface area contributed by atoms with Crippen molar-refractivity contribution >= 4 is 39.9 Å². The molecule has 2 fully saturated rings. The van der Waals surface area contributed by atoms with Crippen LogP contribution in [-0.4, -0.2) is 59.7 Å². The number of piperidine rings is 1. The molecule has 9 nitrogen and oxygen atoms in total. The first-order valence-electron chi connectivity index (χ1n) is 16.1. The number of hydrogen-bond acceptors (Lipinski definition) is 7. The van der Waals surface area contributed by atoms with Crippen LogP contribution in [0.2, 0.25) is 0 Å². The van der Waals surface area contributed by atoms with Gasteiger partial charge in [0.2, 0.25) is 11.8 Å². The summed E-state index contributed by atoms with van der Waals surface area (Å²) in [5.74, 6) is -0.440. The van der Waals surface area contributed by atoms with E-state index in [1.165, 1.54) is 16.8 Å². The normalized spacial score (nSPS) is 19.4. The Kier molecular flexibility index (Phi) is 7.41. The molecule has 7 rings (SSSR count). The number of hydrogen-bond donors (Lipinski definition) is 3. The van der Waals surface area contributed by atoms with Gasteiger partial charge in [-0.3, -0.25) is 24.6 Å². The van der Waals surface area contributed by atoms with Crippen LogP contribution in [0.15, 0.2) is 54.6 Å². The minimum atomic E-state index is -0.417. The number of aryl methyl sites for hydroxylation is 1. The van der Waals surface area contributed by atoms with Gasteiger partial charge in [-0.15, -0.1) is 0 Å². The van der Waals surface area contributed by atoms with Gasteiger partial charge in [-0.25, -0.2) is 0 Å². The summed E-state index contributed by atoms with van der Waals surface area (Å²) in [7, 11) is 0. The average Bonchev–Trinajstić information content (AvgIpc) is 3.45. The highest BCUT2D eigenvalue weighted by molar-refractivity contribution is 6.20. The first-order chi connectivity index (χ1) is 22.2. The van der Waals surface area contributed by atoms with E-state index in [4.69, 9.17) is 0 Å². The van der Waals surface area contributed by atoms with Gasteiger partial charge in [-0.1, -0.05) is 39.0 Å². The molecule has 3 aromatic carbocycles. The van der Waals surface area contributed by atoms with E-state index in [2.05, 4.69) is 76.5 Å². The number of amides is 2. The smallest absolute Gasteiger partial charge is 0.249 e. The van der Waals surface area contributed by atoms with Crippen LogP contribution in [0.25, 0.3) is 10.9 Å². The van der Waals surface area contributed by atoms with Crippen molar-refractivity contribution in [2.75, 3.05) is 36.4 Å². The maximum Gasteiger partial charge on any atom is 0.249 e. The largest absolute Gasteiger partial charge is 0.374 e. The Morgan fingerprint density at radius 3 is 2.57 bits per heavy atom. The van der Waals surface area contributed by atoms with Crippen molar-refractivity contribution in [2.45, 2.75) is 58.0 Å². The fraction of sp³-hybridized carbons (Fsp3) is 0.351. The molecule has 0 radical (unpaired) electrons. The molecular formula is C37H38N6O3. The molecule has 1 aliphatic carbocycles. The molecule has 9 heteroatoms. The summed E-state index contributed by atoms with van der Waals surface area (Å²) in [4.78, 5) is 46.2. The zero-order valence-corrected chi connectivity index (χ0v) is 26.5. The minimum Gasteiger partial charge on any atom is -0.374 e. The third-order valence-corrected chi connectivity index (χ3v) is 9.92. The second-order valence-electron chi connectivity index (χ2n) is 13.2. The molecule has 1 unspecified atom stereocenters. The number of nitriles is 1. The maximum absolute atomic E-state index is 14.0. The summed E-state index contributed by atoms with van der Waals surface area (Å²) >= 11 is 0. The lowest BCUT2D eigenvalue weighted by molar-refractivity contribution is -0.133. The molecule has 3 heterocycles. The molecule has 1 aromatic heterocycles. The zero-order valence-electron chi connectivity index (χ0n) is 26.5. The molecule has 2 amide bonds. The van der Waals surface area contributed by atoms with Crippen molar-refractivity contribution in [3.8, 4) is 6.07 Å². The number of anilines is 2. The maximum atomic E-state index is 14.0. The Hall–Kier alpha value is -4.94. The number of benzene rings is 3. The third kappa shape index (κ3) is 5.13. The fourth-order valence-electron chi connectivity index (χ4n) is 7.35. The van der Waals surface area contributed by atoms with Crippen LogP contribution < -0.4 is 15.5 Å². The lowest BCUT2D eigenvalue weighted by Crippen LogP contribution is -2.47. The van der Waals surface area contributed by atoms with E-state index < -0.39 is 11.5 Å². The van der Waals surface area contributed by atoms with Crippen molar-refractivity contribution in [1.82, 2.24) is 15.2 Å². The van der Waals surface area contributed by atoms with Crippen molar-refractivity contribution in [1.29, 1.82) is 5.26 Å². The Morgan fingerprint density at radius 1 is 1.02 bits per heavy atom. The quantitative estimate of drug-likeness (QED) is 0.261. The highest BCUT2D eigenvalue weighted by Gasteiger charge is 2.40. The van der Waals surface area contributed by atoms with Crippen LogP contribution in [-0.2, 0) is 28.0 Å². The number of piperazine rings is 1. The van der Waals surface area contributed by atoms with Gasteiger partial charge in [0, 0.05) is 78.1 Å². The van der Waals surface area contributed by atoms with Gasteiger partial charge >= 0.3 is 0 Å². The first-order valence-corrected chi connectivity index (χ1v) is 16.1. The molecule has 46 heavy (non-hydrogen) atoms. The minimum absolute atomic E-state index is 0.0423. The molecule has 2 aliphatic heterocycles. The van der Waals surface area contributed by atoms with E-state index in [1.807, 2.05) is 24.3 Å². The van der Waals surface area contributed by atoms with E-state index >= 15 is 0 Å². The van der Waals surface area contributed by atoms with E-state index in [1.54, 1.807) is 6.07 Å². The van der Waals surface area contributed by atoms with Crippen molar-refractivity contribution in [2.24, 2.45) is 0 Å². The highest BCUT2D eigenvalue weighted by Crippen LogP contribution is 2.46. The molecule has 1 atom stereocenters. The lowest BCUT2D eigenvalue weighted by atomic mass is 9.70. The molecule has 3 aliphatic rings. The average molecular weight is 615 g/mol. The first kappa shape index (κ1) is 29.8. The van der Waals surface area contributed by atoms with E-state index in [9.17, 15) is 19.6 Å². The van der Waals surface area contributed by atoms with Crippen LogP contribution in [0, 0.1) is 11.3 Å². The van der Waals surface area contributed by atoms with Crippen LogP contribution >= 0.6 is 0 Å². The second-order valence-corrected chi connectivity index (χ2v) is 13.2. The summed E-state index contributed by atoms with van der Waals surface area (Å²) in [5, 5.41) is 16.0. The number of fused-ring (bicyclic) bond motifs is 4. The van der Waals surface area contributed by atoms with Crippen LogP contribution in [0.4, 0.5) is 11.4 Å². The monoisotopic (exact) mass is 614 g/mol. The summed E-state index contributed by atoms with van der Waals surface area (Å²) < 4.78 is 0. The van der Waals surface area contributed by atoms with Gasteiger partial charge in [-0.05, 0) is 65.9 Å². The molecule has 0 saturated carbocycles. The van der Waals surface area contributed by atoms with Gasteiger partial charge in [0.25, 0.3) is 0 Å². The van der Waals surface area contributed by atoms with Crippen LogP contribution in [0.3, 0.4) is 0 Å². The van der Waals surface area contributed by atoms with Crippen molar-refractivity contribution in [3.05, 3.63) is 93.7 Å². The Bertz CT molecular complexity index is 1940. The number of ketones is 1. The second kappa shape index (κ2) is 11.5. The fourth-order valence-corrected chi connectivity index (χ4v) is 7.35. The third-order valence-electron chi connectivity index (χ3n) is 9.92. The zero-order chi connectivity index (χ0) is 32.2. The number of imide groups is 1. The van der Waals surface area contributed by atoms with E-state index in [-0.39, 0.29) is 17.6 Å². The van der Waals surface area contributed by atoms with Gasteiger partial charge in [0.1, 0.15) is 6.04 Å². The summed E-state index contributed by atoms with van der Waals surface area (Å²) in [5.41, 5.74) is 8.84. The Morgan fingerprint density at radius 2 is 1.83 bits per heavy atom. The van der Waals surface area contributed by atoms with E-state index in [0.717, 1.165) is 78.1 Å². The van der Waals surface area contributed by atoms with Crippen molar-refractivity contribution < 1.29 is 14.4 Å². The molecule has 0 spiro atoms. The van der Waals surface area contributed by atoms with Gasteiger partial charge in [0.15, 0.2) is 5.78 Å². The number of rotatable bonds is 6. The number of nitrogens with zero attached hydrogens (tertiary/aromatic N) is 3. The number of nitrogens with one attached hydrogen (secondary N) is 3. The summed E-state index contributed by atoms with van der Waals surface area (Å²) in [6.45, 7) is 10.9. The SMILES string of the molecule is CCc1cc2c(cc1N1CCN(Cc3cccc(NC4CCC(=O)NC4=O)c3)CC1)C(C)(C)c1[nH]c3cc(C#N)ccc3c1C2=O. The topological polar surface area (TPSA) is 121 Å². The highest BCUT2D eigenvalue weighted by atomic mass is 16.2. The number of aromatic nitrogens is 1. The van der Waals surface area contributed by atoms with Crippen LogP contribution in [0.1, 0.15) is 77.5 Å². The van der Waals surface area contributed by atoms with E-state index in [0.29, 0.717) is 18.4 Å². The summed E-state index contributed by atoms with van der Waals surface area (Å²) in [6.07, 6.45) is 1.67. The number of carbonyl (C=O) groups excluding carboxylic acids is 3. The van der Waals surface area contributed by atoms with Gasteiger partial charge in [0.05, 0.1) is 17.2 Å².